The number of hydrogen-bond acceptors (Lipinski definition) is 5. The Morgan fingerprint density at radius 3 is 2.89 bits per heavy atom. The summed E-state index contributed by atoms with van der Waals surface area (Å²) in [5, 5.41) is 10.3. The highest BCUT2D eigenvalue weighted by atomic mass is 16.7. The van der Waals surface area contributed by atoms with Gasteiger partial charge in [-0.15, -0.1) is 0 Å². The first-order chi connectivity index (χ1) is 9.02. The van der Waals surface area contributed by atoms with E-state index in [4.69, 9.17) is 15.2 Å². The lowest BCUT2D eigenvalue weighted by Gasteiger charge is -2.34. The second kappa shape index (κ2) is 3.86. The average Bonchev–Trinajstić information content (AvgIpc) is 2.82. The molecule has 0 aromatic heterocycles. The van der Waals surface area contributed by atoms with Crippen molar-refractivity contribution < 1.29 is 24.2 Å². The van der Waals surface area contributed by atoms with E-state index >= 15 is 0 Å². The molecule has 2 aliphatic rings. The molecule has 7 heteroatoms. The predicted molar refractivity (Wildman–Crippen MR) is 63.6 cm³/mol. The van der Waals surface area contributed by atoms with Gasteiger partial charge in [-0.1, -0.05) is 0 Å². The molecule has 0 aliphatic carbocycles. The van der Waals surface area contributed by atoms with E-state index in [0.717, 1.165) is 0 Å². The number of hydrogen-bond donors (Lipinski definition) is 2. The van der Waals surface area contributed by atoms with Crippen LogP contribution >= 0.6 is 0 Å². The maximum Gasteiger partial charge on any atom is 0.242 e. The summed E-state index contributed by atoms with van der Waals surface area (Å²) in [6, 6.07) is 3.30. The summed E-state index contributed by atoms with van der Waals surface area (Å²) >= 11 is 0. The molecule has 19 heavy (non-hydrogen) atoms. The SMILES string of the molecule is CN1C(=O)C(C(N)=O)C(O)c2c1ccc1c2OCO1. The van der Waals surface area contributed by atoms with Crippen molar-refractivity contribution in [3.63, 3.8) is 0 Å². The van der Waals surface area contributed by atoms with E-state index in [0.29, 0.717) is 22.7 Å². The third-order valence-electron chi connectivity index (χ3n) is 3.43. The molecule has 0 spiro atoms. The van der Waals surface area contributed by atoms with E-state index in [1.165, 1.54) is 11.9 Å². The Morgan fingerprint density at radius 2 is 2.21 bits per heavy atom. The van der Waals surface area contributed by atoms with Gasteiger partial charge in [-0.2, -0.15) is 0 Å². The average molecular weight is 264 g/mol. The number of anilines is 1. The highest BCUT2D eigenvalue weighted by molar-refractivity contribution is 6.10. The van der Waals surface area contributed by atoms with E-state index in [9.17, 15) is 14.7 Å². The molecule has 2 heterocycles. The molecule has 100 valence electrons. The van der Waals surface area contributed by atoms with Gasteiger partial charge < -0.3 is 25.2 Å². The minimum Gasteiger partial charge on any atom is -0.454 e. The van der Waals surface area contributed by atoms with Gasteiger partial charge in [-0.05, 0) is 12.1 Å². The van der Waals surface area contributed by atoms with E-state index in [-0.39, 0.29) is 6.79 Å². The first-order valence-corrected chi connectivity index (χ1v) is 5.70. The minimum atomic E-state index is -1.33. The summed E-state index contributed by atoms with van der Waals surface area (Å²) in [5.41, 5.74) is 6.04. The first kappa shape index (κ1) is 11.8. The van der Waals surface area contributed by atoms with Crippen LogP contribution in [-0.4, -0.2) is 30.8 Å². The number of nitrogens with two attached hydrogens (primary N) is 1. The minimum absolute atomic E-state index is 0.0391. The van der Waals surface area contributed by atoms with Gasteiger partial charge in [0.25, 0.3) is 0 Å². The van der Waals surface area contributed by atoms with Crippen LogP contribution in [-0.2, 0) is 9.59 Å². The lowest BCUT2D eigenvalue weighted by atomic mass is 9.87. The van der Waals surface area contributed by atoms with Gasteiger partial charge in [-0.25, -0.2) is 0 Å². The molecule has 0 fully saturated rings. The van der Waals surface area contributed by atoms with E-state index < -0.39 is 23.8 Å². The van der Waals surface area contributed by atoms with Crippen LogP contribution in [0.5, 0.6) is 11.5 Å². The molecule has 1 aromatic carbocycles. The van der Waals surface area contributed by atoms with E-state index in [1.54, 1.807) is 12.1 Å². The van der Waals surface area contributed by atoms with Crippen molar-refractivity contribution in [2.75, 3.05) is 18.7 Å². The highest BCUT2D eigenvalue weighted by Crippen LogP contribution is 2.48. The first-order valence-electron chi connectivity index (χ1n) is 5.70. The molecular formula is C12H12N2O5. The lowest BCUT2D eigenvalue weighted by Crippen LogP contribution is -2.47. The van der Waals surface area contributed by atoms with Crippen LogP contribution in [0.3, 0.4) is 0 Å². The van der Waals surface area contributed by atoms with Gasteiger partial charge >= 0.3 is 0 Å². The Kier molecular flexibility index (Phi) is 2.39. The van der Waals surface area contributed by atoms with Crippen LogP contribution in [0.1, 0.15) is 11.7 Å². The summed E-state index contributed by atoms with van der Waals surface area (Å²) in [6.45, 7) is 0.0391. The predicted octanol–water partition coefficient (Wildman–Crippen LogP) is -0.473. The molecule has 0 saturated heterocycles. The van der Waals surface area contributed by atoms with Gasteiger partial charge in [0.05, 0.1) is 11.3 Å². The number of nitrogens with zero attached hydrogens (tertiary/aromatic N) is 1. The molecule has 1 aromatic rings. The Balaban J connectivity index is 2.21. The molecule has 0 bridgehead atoms. The second-order valence-corrected chi connectivity index (χ2v) is 4.45. The van der Waals surface area contributed by atoms with Crippen LogP contribution in [0, 0.1) is 5.92 Å². The highest BCUT2D eigenvalue weighted by Gasteiger charge is 2.44. The fourth-order valence-electron chi connectivity index (χ4n) is 2.47. The number of benzene rings is 1. The largest absolute Gasteiger partial charge is 0.454 e. The van der Waals surface area contributed by atoms with Crippen LogP contribution in [0.15, 0.2) is 12.1 Å². The lowest BCUT2D eigenvalue weighted by molar-refractivity contribution is -0.137. The Hall–Kier alpha value is -2.28. The zero-order valence-corrected chi connectivity index (χ0v) is 10.1. The third kappa shape index (κ3) is 1.48. The van der Waals surface area contributed by atoms with Crippen molar-refractivity contribution in [2.45, 2.75) is 6.10 Å². The van der Waals surface area contributed by atoms with Crippen molar-refractivity contribution in [3.05, 3.63) is 17.7 Å². The number of amides is 2. The van der Waals surface area contributed by atoms with Crippen molar-refractivity contribution in [2.24, 2.45) is 11.7 Å². The number of carbonyl (C=O) groups excluding carboxylic acids is 2. The molecule has 0 radical (unpaired) electrons. The van der Waals surface area contributed by atoms with Crippen molar-refractivity contribution in [3.8, 4) is 11.5 Å². The maximum absolute atomic E-state index is 12.0. The summed E-state index contributed by atoms with van der Waals surface area (Å²) in [6.07, 6.45) is -1.33. The molecule has 2 amide bonds. The smallest absolute Gasteiger partial charge is 0.242 e. The molecule has 3 N–H and O–H groups in total. The zero-order chi connectivity index (χ0) is 13.7. The number of rotatable bonds is 1. The molecule has 2 atom stereocenters. The topological polar surface area (TPSA) is 102 Å². The summed E-state index contributed by atoms with van der Waals surface area (Å²) in [4.78, 5) is 24.7. The van der Waals surface area contributed by atoms with Crippen molar-refractivity contribution in [1.29, 1.82) is 0 Å². The van der Waals surface area contributed by atoms with Gasteiger partial charge in [0, 0.05) is 7.05 Å². The third-order valence-corrected chi connectivity index (χ3v) is 3.43. The van der Waals surface area contributed by atoms with Crippen LogP contribution < -0.4 is 20.1 Å². The Morgan fingerprint density at radius 1 is 1.47 bits per heavy atom. The van der Waals surface area contributed by atoms with Crippen molar-refractivity contribution >= 4 is 17.5 Å². The maximum atomic E-state index is 12.0. The quantitative estimate of drug-likeness (QED) is 0.667. The Bertz CT molecular complexity index is 586. The number of fused-ring (bicyclic) bond motifs is 3. The summed E-state index contributed by atoms with van der Waals surface area (Å²) < 4.78 is 10.5. The van der Waals surface area contributed by atoms with Crippen LogP contribution in [0.25, 0.3) is 0 Å². The number of aliphatic hydroxyl groups excluding tert-OH is 1. The van der Waals surface area contributed by atoms with Crippen molar-refractivity contribution in [1.82, 2.24) is 0 Å². The van der Waals surface area contributed by atoms with Gasteiger partial charge in [0.1, 0.15) is 12.0 Å². The van der Waals surface area contributed by atoms with Gasteiger partial charge in [-0.3, -0.25) is 9.59 Å². The van der Waals surface area contributed by atoms with Crippen LogP contribution in [0.2, 0.25) is 0 Å². The molecule has 0 saturated carbocycles. The molecule has 2 aliphatic heterocycles. The fourth-order valence-corrected chi connectivity index (χ4v) is 2.47. The second-order valence-electron chi connectivity index (χ2n) is 4.45. The Labute approximate surface area is 108 Å². The van der Waals surface area contributed by atoms with Gasteiger partial charge in [0.15, 0.2) is 11.5 Å². The van der Waals surface area contributed by atoms with Crippen LogP contribution in [0.4, 0.5) is 5.69 Å². The monoisotopic (exact) mass is 264 g/mol. The summed E-state index contributed by atoms with van der Waals surface area (Å²) in [5.74, 6) is -1.88. The fraction of sp³-hybridized carbons (Fsp3) is 0.333. The molecular weight excluding hydrogens is 252 g/mol. The number of aliphatic hydroxyl groups is 1. The van der Waals surface area contributed by atoms with E-state index in [1.807, 2.05) is 0 Å². The molecule has 7 nitrogen and oxygen atoms in total. The number of primary amides is 1. The number of ether oxygens (including phenoxy) is 2. The summed E-state index contributed by atoms with van der Waals surface area (Å²) in [7, 11) is 1.52. The molecule has 2 unspecified atom stereocenters. The standard InChI is InChI=1S/C12H12N2O5/c1-14-5-2-3-6-10(19-4-18-6)7(5)9(15)8(11(13)16)12(14)17/h2-3,8-9,15H,4H2,1H3,(H2,13,16). The van der Waals surface area contributed by atoms with E-state index in [2.05, 4.69) is 0 Å². The molecule has 3 rings (SSSR count). The normalized spacial score (nSPS) is 24.3. The van der Waals surface area contributed by atoms with Gasteiger partial charge in [0.2, 0.25) is 18.6 Å². The number of carbonyl (C=O) groups is 2. The zero-order valence-electron chi connectivity index (χ0n) is 10.1.